The van der Waals surface area contributed by atoms with E-state index >= 15 is 0 Å². The van der Waals surface area contributed by atoms with Crippen molar-refractivity contribution in [1.82, 2.24) is 15.4 Å². The van der Waals surface area contributed by atoms with Crippen molar-refractivity contribution >= 4 is 17.6 Å². The summed E-state index contributed by atoms with van der Waals surface area (Å²) in [5.41, 5.74) is 3.66. The van der Waals surface area contributed by atoms with E-state index < -0.39 is 0 Å². The van der Waals surface area contributed by atoms with Gasteiger partial charge < -0.3 is 20.1 Å². The summed E-state index contributed by atoms with van der Waals surface area (Å²) in [6, 6.07) is 6.97. The van der Waals surface area contributed by atoms with E-state index in [-0.39, 0.29) is 24.4 Å². The zero-order chi connectivity index (χ0) is 18.1. The number of anilines is 1. The number of benzene rings is 1. The third kappa shape index (κ3) is 3.16. The van der Waals surface area contributed by atoms with Crippen molar-refractivity contribution in [2.24, 2.45) is 0 Å². The molecule has 0 unspecified atom stereocenters. The minimum atomic E-state index is -0.332. The Morgan fingerprint density at radius 2 is 2.15 bits per heavy atom. The predicted molar refractivity (Wildman–Crippen MR) is 95.6 cm³/mol. The third-order valence-corrected chi connectivity index (χ3v) is 5.06. The lowest BCUT2D eigenvalue weighted by molar-refractivity contribution is -0.116. The Morgan fingerprint density at radius 1 is 1.35 bits per heavy atom. The Kier molecular flexibility index (Phi) is 4.36. The van der Waals surface area contributed by atoms with Crippen molar-refractivity contribution < 1.29 is 14.1 Å². The molecule has 7 nitrogen and oxygen atoms in total. The van der Waals surface area contributed by atoms with Gasteiger partial charge in [0.15, 0.2) is 0 Å². The van der Waals surface area contributed by atoms with Crippen LogP contribution >= 0.6 is 0 Å². The molecular weight excluding hydrogens is 332 g/mol. The van der Waals surface area contributed by atoms with Gasteiger partial charge in [0.2, 0.25) is 5.91 Å². The fourth-order valence-electron chi connectivity index (χ4n) is 3.67. The Labute approximate surface area is 151 Å². The molecule has 0 fully saturated rings. The molecule has 2 aromatic rings. The van der Waals surface area contributed by atoms with Gasteiger partial charge in [-0.3, -0.25) is 4.79 Å². The highest BCUT2D eigenvalue weighted by Gasteiger charge is 2.28. The largest absolute Gasteiger partial charge is 0.361 e. The average Bonchev–Trinajstić information content (AvgIpc) is 3.04. The molecule has 2 heterocycles. The van der Waals surface area contributed by atoms with Gasteiger partial charge in [0.05, 0.1) is 19.0 Å². The number of carbonyl (C=O) groups excluding carboxylic acids is 2. The molecule has 0 saturated carbocycles. The highest BCUT2D eigenvalue weighted by molar-refractivity contribution is 5.95. The van der Waals surface area contributed by atoms with E-state index in [4.69, 9.17) is 4.52 Å². The first-order valence-corrected chi connectivity index (χ1v) is 8.98. The van der Waals surface area contributed by atoms with Crippen LogP contribution in [0.5, 0.6) is 0 Å². The highest BCUT2D eigenvalue weighted by Crippen LogP contribution is 2.30. The molecule has 2 aliphatic rings. The molecule has 1 aromatic carbocycles. The second kappa shape index (κ2) is 6.82. The summed E-state index contributed by atoms with van der Waals surface area (Å²) in [5.74, 6) is 0.861. The number of rotatable bonds is 3. The standard InChI is InChI=1S/C19H22N4O3/c1-23(11-16-13-7-3-5-9-17(13)26-22-16)19(25)21-15-10-18(24)20-14-8-4-2-6-12(14)15/h2,4,6,8,15H,3,5,7,9-11H2,1H3,(H,20,24)(H,21,25)/t15-/m0/s1. The molecule has 0 radical (unpaired) electrons. The van der Waals surface area contributed by atoms with Crippen molar-refractivity contribution in [2.75, 3.05) is 12.4 Å². The van der Waals surface area contributed by atoms with Crippen molar-refractivity contribution in [3.63, 3.8) is 0 Å². The van der Waals surface area contributed by atoms with Crippen LogP contribution in [0.25, 0.3) is 0 Å². The maximum absolute atomic E-state index is 12.6. The fraction of sp³-hybridized carbons (Fsp3) is 0.421. The molecule has 3 amide bonds. The Hall–Kier alpha value is -2.83. The van der Waals surface area contributed by atoms with Crippen LogP contribution in [0.2, 0.25) is 0 Å². The SMILES string of the molecule is CN(Cc1noc2c1CCCC2)C(=O)N[C@H]1CC(=O)Nc2ccccc21. The number of nitrogens with one attached hydrogen (secondary N) is 2. The van der Waals surface area contributed by atoms with Crippen LogP contribution in [0, 0.1) is 0 Å². The number of aromatic nitrogens is 1. The molecule has 0 spiro atoms. The maximum atomic E-state index is 12.6. The van der Waals surface area contributed by atoms with Crippen LogP contribution < -0.4 is 10.6 Å². The summed E-state index contributed by atoms with van der Waals surface area (Å²) in [6.45, 7) is 0.394. The molecule has 1 atom stereocenters. The molecule has 0 bridgehead atoms. The Morgan fingerprint density at radius 3 is 3.04 bits per heavy atom. The number of para-hydroxylation sites is 1. The summed E-state index contributed by atoms with van der Waals surface area (Å²) in [5, 5.41) is 9.96. The van der Waals surface area contributed by atoms with Crippen LogP contribution in [0.4, 0.5) is 10.5 Å². The summed E-state index contributed by atoms with van der Waals surface area (Å²) >= 11 is 0. The van der Waals surface area contributed by atoms with Gasteiger partial charge in [0, 0.05) is 24.7 Å². The van der Waals surface area contributed by atoms with Gasteiger partial charge in [-0.05, 0) is 30.9 Å². The maximum Gasteiger partial charge on any atom is 0.317 e. The number of hydrogen-bond acceptors (Lipinski definition) is 4. The Balaban J connectivity index is 1.45. The minimum Gasteiger partial charge on any atom is -0.361 e. The predicted octanol–water partition coefficient (Wildman–Crippen LogP) is 2.78. The number of fused-ring (bicyclic) bond motifs is 2. The number of nitrogens with zero attached hydrogens (tertiary/aromatic N) is 2. The zero-order valence-corrected chi connectivity index (χ0v) is 14.7. The lowest BCUT2D eigenvalue weighted by atomic mass is 9.96. The topological polar surface area (TPSA) is 87.5 Å². The molecule has 136 valence electrons. The van der Waals surface area contributed by atoms with Crippen LogP contribution in [0.15, 0.2) is 28.8 Å². The Bertz CT molecular complexity index is 845. The van der Waals surface area contributed by atoms with Gasteiger partial charge in [0.25, 0.3) is 0 Å². The summed E-state index contributed by atoms with van der Waals surface area (Å²) < 4.78 is 5.42. The van der Waals surface area contributed by atoms with E-state index in [1.54, 1.807) is 11.9 Å². The van der Waals surface area contributed by atoms with E-state index in [2.05, 4.69) is 15.8 Å². The van der Waals surface area contributed by atoms with E-state index in [1.807, 2.05) is 24.3 Å². The molecule has 1 aromatic heterocycles. The minimum absolute atomic E-state index is 0.0952. The van der Waals surface area contributed by atoms with Crippen molar-refractivity contribution in [1.29, 1.82) is 0 Å². The summed E-state index contributed by atoms with van der Waals surface area (Å²) in [7, 11) is 1.73. The smallest absolute Gasteiger partial charge is 0.317 e. The number of hydrogen-bond donors (Lipinski definition) is 2. The van der Waals surface area contributed by atoms with Gasteiger partial charge in [-0.25, -0.2) is 4.79 Å². The average molecular weight is 354 g/mol. The second-order valence-corrected chi connectivity index (χ2v) is 6.94. The van der Waals surface area contributed by atoms with E-state index in [1.165, 1.54) is 0 Å². The van der Waals surface area contributed by atoms with Crippen molar-refractivity contribution in [3.8, 4) is 0 Å². The molecule has 1 aliphatic heterocycles. The fourth-order valence-corrected chi connectivity index (χ4v) is 3.67. The van der Waals surface area contributed by atoms with E-state index in [9.17, 15) is 9.59 Å². The zero-order valence-electron chi connectivity index (χ0n) is 14.7. The number of carbonyl (C=O) groups is 2. The number of aryl methyl sites for hydroxylation is 1. The van der Waals surface area contributed by atoms with Gasteiger partial charge in [-0.1, -0.05) is 23.4 Å². The van der Waals surface area contributed by atoms with Gasteiger partial charge >= 0.3 is 6.03 Å². The summed E-state index contributed by atoms with van der Waals surface area (Å²) in [4.78, 5) is 26.1. The number of urea groups is 1. The van der Waals surface area contributed by atoms with Crippen molar-refractivity contribution in [2.45, 2.75) is 44.7 Å². The van der Waals surface area contributed by atoms with Crippen LogP contribution in [-0.2, 0) is 24.2 Å². The van der Waals surface area contributed by atoms with E-state index in [0.717, 1.165) is 54.0 Å². The first-order chi connectivity index (χ1) is 12.6. The highest BCUT2D eigenvalue weighted by atomic mass is 16.5. The molecule has 26 heavy (non-hydrogen) atoms. The first kappa shape index (κ1) is 16.6. The van der Waals surface area contributed by atoms with E-state index in [0.29, 0.717) is 6.54 Å². The van der Waals surface area contributed by atoms with Crippen LogP contribution in [0.1, 0.15) is 47.9 Å². The third-order valence-electron chi connectivity index (χ3n) is 5.06. The first-order valence-electron chi connectivity index (χ1n) is 8.98. The van der Waals surface area contributed by atoms with Crippen molar-refractivity contribution in [3.05, 3.63) is 46.8 Å². The molecule has 4 rings (SSSR count). The lowest BCUT2D eigenvalue weighted by Crippen LogP contribution is -2.41. The summed E-state index contributed by atoms with van der Waals surface area (Å²) in [6.07, 6.45) is 4.37. The molecular formula is C19H22N4O3. The molecule has 1 aliphatic carbocycles. The molecule has 0 saturated heterocycles. The lowest BCUT2D eigenvalue weighted by Gasteiger charge is -2.28. The van der Waals surface area contributed by atoms with Crippen LogP contribution in [-0.4, -0.2) is 29.0 Å². The molecule has 2 N–H and O–H groups in total. The van der Waals surface area contributed by atoms with Gasteiger partial charge in [0.1, 0.15) is 11.5 Å². The van der Waals surface area contributed by atoms with Crippen LogP contribution in [0.3, 0.4) is 0 Å². The quantitative estimate of drug-likeness (QED) is 0.887. The van der Waals surface area contributed by atoms with Gasteiger partial charge in [-0.2, -0.15) is 0 Å². The van der Waals surface area contributed by atoms with Gasteiger partial charge in [-0.15, -0.1) is 0 Å². The monoisotopic (exact) mass is 354 g/mol. The molecule has 7 heteroatoms. The normalized spacial score (nSPS) is 18.5. The second-order valence-electron chi connectivity index (χ2n) is 6.94. The number of amides is 3.